The van der Waals surface area contributed by atoms with Crippen molar-refractivity contribution >= 4 is 138 Å². The standard InChI is InChI=1S/6Mg.11H2O.12H/h;;;;;;11*1H2;;;;;;;;;;;;. The highest BCUT2D eigenvalue weighted by molar-refractivity contribution is 5.76. The molecular weight excluding hydrogens is 322 g/mol. The molecule has 22 N–H and O–H groups in total. The van der Waals surface area contributed by atoms with Gasteiger partial charge in [0.15, 0.2) is 0 Å². The Hall–Kier alpha value is 4.16. The Bertz CT molecular complexity index is 15.9. The second-order valence-electron chi connectivity index (χ2n) is 0. The minimum atomic E-state index is 0. The van der Waals surface area contributed by atoms with Crippen LogP contribution in [-0.2, 0) is 0 Å². The van der Waals surface area contributed by atoms with Gasteiger partial charge in [0.2, 0.25) is 0 Å². The molecule has 0 fully saturated rings. The third-order valence-corrected chi connectivity index (χ3v) is 0. The average Bonchev–Trinajstić information content (AvgIpc) is 0. The summed E-state index contributed by atoms with van der Waals surface area (Å²) in [5.41, 5.74) is 0. The lowest BCUT2D eigenvalue weighted by Gasteiger charge is -0.413. The molecule has 0 aromatic heterocycles. The third-order valence-electron chi connectivity index (χ3n) is 0. The average molecular weight is 356 g/mol. The molecule has 0 saturated carbocycles. The van der Waals surface area contributed by atoms with Gasteiger partial charge in [-0.1, -0.05) is 0 Å². The molecule has 17 heteroatoms. The Morgan fingerprint density at radius 3 is 0.118 bits per heavy atom. The molecule has 0 bridgehead atoms. The van der Waals surface area contributed by atoms with Crippen LogP contribution in [0.5, 0.6) is 0 Å². The van der Waals surface area contributed by atoms with Gasteiger partial charge in [-0.05, 0) is 0 Å². The van der Waals surface area contributed by atoms with Gasteiger partial charge in [-0.15, -0.1) is 0 Å². The van der Waals surface area contributed by atoms with Crippen molar-refractivity contribution in [2.24, 2.45) is 0 Å². The van der Waals surface area contributed by atoms with Crippen molar-refractivity contribution in [2.75, 3.05) is 0 Å². The topological polar surface area (TPSA) is 346 Å². The SMILES string of the molecule is O.O.O.O.O.O.O.O.O.O.O.[MgH2].[MgH2].[MgH2].[MgH2].[MgH2].[MgH2]. The molecule has 0 amide bonds. The maximum Gasteiger partial charge on any atom is 0.316 e. The maximum atomic E-state index is 0. The third kappa shape index (κ3) is 385. The minimum absolute atomic E-state index is 0. The zero-order valence-corrected chi connectivity index (χ0v) is 5.50. The van der Waals surface area contributed by atoms with Crippen molar-refractivity contribution in [3.63, 3.8) is 0 Å². The van der Waals surface area contributed by atoms with Crippen LogP contribution >= 0.6 is 0 Å². The molecule has 0 rings (SSSR count). The molecule has 0 aliphatic carbocycles. The lowest BCUT2D eigenvalue weighted by atomic mass is 16.0. The summed E-state index contributed by atoms with van der Waals surface area (Å²) in [6.07, 6.45) is 0. The smallest absolute Gasteiger partial charge is 0.316 e. The van der Waals surface area contributed by atoms with E-state index in [1.807, 2.05) is 0 Å². The van der Waals surface area contributed by atoms with E-state index in [0.29, 0.717) is 0 Å². The quantitative estimate of drug-likeness (QED) is 0.364. The van der Waals surface area contributed by atoms with Gasteiger partial charge >= 0.3 is 138 Å². The van der Waals surface area contributed by atoms with E-state index in [2.05, 4.69) is 0 Å². The predicted octanol–water partition coefficient (Wildman–Crippen LogP) is -14.6. The molecule has 0 aliphatic heterocycles. The van der Waals surface area contributed by atoms with Crippen molar-refractivity contribution in [3.8, 4) is 0 Å². The van der Waals surface area contributed by atoms with E-state index in [0.717, 1.165) is 0 Å². The van der Waals surface area contributed by atoms with Crippen LogP contribution in [0.25, 0.3) is 0 Å². The Labute approximate surface area is 195 Å². The van der Waals surface area contributed by atoms with Crippen molar-refractivity contribution < 1.29 is 60.2 Å². The van der Waals surface area contributed by atoms with Gasteiger partial charge in [-0.3, -0.25) is 0 Å². The van der Waals surface area contributed by atoms with E-state index >= 15 is 0 Å². The summed E-state index contributed by atoms with van der Waals surface area (Å²) >= 11 is 0. The van der Waals surface area contributed by atoms with Gasteiger partial charge in [0.25, 0.3) is 0 Å². The second-order valence-corrected chi connectivity index (χ2v) is 0. The van der Waals surface area contributed by atoms with Crippen molar-refractivity contribution in [1.82, 2.24) is 0 Å². The fourth-order valence-corrected chi connectivity index (χ4v) is 0. The predicted molar refractivity (Wildman–Crippen MR) is 91.0 cm³/mol. The summed E-state index contributed by atoms with van der Waals surface area (Å²) in [7, 11) is 0. The Morgan fingerprint density at radius 1 is 0.118 bits per heavy atom. The molecule has 17 heavy (non-hydrogen) atoms. The molecule has 0 radical (unpaired) electrons. The molecular formula is H34Mg6O11. The minimum Gasteiger partial charge on any atom is -0.412 e. The highest BCUT2D eigenvalue weighted by atomic mass is 24.3. The van der Waals surface area contributed by atoms with E-state index in [1.54, 1.807) is 0 Å². The van der Waals surface area contributed by atoms with Crippen LogP contribution < -0.4 is 0 Å². The first-order valence-electron chi connectivity index (χ1n) is 0. The van der Waals surface area contributed by atoms with Gasteiger partial charge in [0, 0.05) is 0 Å². The van der Waals surface area contributed by atoms with Gasteiger partial charge in [0.1, 0.15) is 0 Å². The summed E-state index contributed by atoms with van der Waals surface area (Å²) in [5, 5.41) is 0. The fourth-order valence-electron chi connectivity index (χ4n) is 0. The zero-order chi connectivity index (χ0) is 0. The van der Waals surface area contributed by atoms with E-state index in [9.17, 15) is 0 Å². The molecule has 0 unspecified atom stereocenters. The van der Waals surface area contributed by atoms with E-state index in [1.165, 1.54) is 0 Å². The lowest BCUT2D eigenvalue weighted by molar-refractivity contribution is 0.823. The molecule has 0 aliphatic rings. The van der Waals surface area contributed by atoms with Crippen molar-refractivity contribution in [1.29, 1.82) is 0 Å². The van der Waals surface area contributed by atoms with Gasteiger partial charge in [0.05, 0.1) is 0 Å². The van der Waals surface area contributed by atoms with Crippen molar-refractivity contribution in [3.05, 3.63) is 0 Å². The summed E-state index contributed by atoms with van der Waals surface area (Å²) in [5.74, 6) is 0. The Morgan fingerprint density at radius 2 is 0.118 bits per heavy atom. The monoisotopic (exact) mass is 354 g/mol. The fraction of sp³-hybridized carbons (Fsp3) is 0. The Kier molecular flexibility index (Phi) is 12500. The van der Waals surface area contributed by atoms with E-state index in [-0.39, 0.29) is 199 Å². The largest absolute Gasteiger partial charge is 0.412 e. The van der Waals surface area contributed by atoms with Gasteiger partial charge in [-0.2, -0.15) is 0 Å². The van der Waals surface area contributed by atoms with Gasteiger partial charge < -0.3 is 60.2 Å². The van der Waals surface area contributed by atoms with E-state index < -0.39 is 0 Å². The highest BCUT2D eigenvalue weighted by Crippen LogP contribution is -0.279. The van der Waals surface area contributed by atoms with Crippen LogP contribution in [0.2, 0.25) is 0 Å². The van der Waals surface area contributed by atoms with Crippen LogP contribution in [0.1, 0.15) is 0 Å². The first-order chi connectivity index (χ1) is 0. The number of hydrogen-bond donors (Lipinski definition) is 0. The zero-order valence-electron chi connectivity index (χ0n) is 5.50. The first kappa shape index (κ1) is 497. The molecule has 112 valence electrons. The molecule has 0 atom stereocenters. The molecule has 0 saturated heterocycles. The van der Waals surface area contributed by atoms with Crippen LogP contribution in [0.4, 0.5) is 0 Å². The molecule has 0 aromatic carbocycles. The second kappa shape index (κ2) is 428. The molecule has 0 spiro atoms. The maximum absolute atomic E-state index is 0. The van der Waals surface area contributed by atoms with E-state index in [4.69, 9.17) is 0 Å². The first-order valence-corrected chi connectivity index (χ1v) is 0. The van der Waals surface area contributed by atoms with Crippen molar-refractivity contribution in [2.45, 2.75) is 0 Å². The normalized spacial score (nSPS) is 0. The highest BCUT2D eigenvalue weighted by Gasteiger charge is 0.321. The summed E-state index contributed by atoms with van der Waals surface area (Å²) in [6, 6.07) is 0. The summed E-state index contributed by atoms with van der Waals surface area (Å²) < 4.78 is 0. The summed E-state index contributed by atoms with van der Waals surface area (Å²) in [6.45, 7) is 0. The molecule has 0 aromatic rings. The summed E-state index contributed by atoms with van der Waals surface area (Å²) in [4.78, 5) is 0. The molecule has 0 heterocycles. The van der Waals surface area contributed by atoms with Crippen LogP contribution in [0, 0.1) is 0 Å². The van der Waals surface area contributed by atoms with Gasteiger partial charge in [-0.25, -0.2) is 0 Å². The number of hydrogen-bond acceptors (Lipinski definition) is 0. The Balaban J connectivity index is 0. The van der Waals surface area contributed by atoms with Crippen LogP contribution in [0.15, 0.2) is 0 Å². The molecule has 11 nitrogen and oxygen atoms in total. The lowest BCUT2D eigenvalue weighted by Crippen LogP contribution is -0.382. The van der Waals surface area contributed by atoms with Crippen LogP contribution in [0.3, 0.4) is 0 Å². The van der Waals surface area contributed by atoms with Crippen LogP contribution in [-0.4, -0.2) is 199 Å². The number of rotatable bonds is 0.